The van der Waals surface area contributed by atoms with Crippen LogP contribution in [0.15, 0.2) is 66.7 Å². The highest BCUT2D eigenvalue weighted by molar-refractivity contribution is 7.21. The van der Waals surface area contributed by atoms with Crippen LogP contribution in [0, 0.1) is 0 Å². The van der Waals surface area contributed by atoms with E-state index in [4.69, 9.17) is 28.2 Å². The van der Waals surface area contributed by atoms with Crippen molar-refractivity contribution in [2.75, 3.05) is 19.6 Å². The predicted octanol–water partition coefficient (Wildman–Crippen LogP) is 9.30. The molecule has 1 fully saturated rings. The van der Waals surface area contributed by atoms with Gasteiger partial charge in [0.15, 0.2) is 0 Å². The van der Waals surface area contributed by atoms with Crippen LogP contribution in [0.1, 0.15) is 71.7 Å². The summed E-state index contributed by atoms with van der Waals surface area (Å²) in [6, 6.07) is 22.1. The quantitative estimate of drug-likeness (QED) is 0.170. The molecule has 1 saturated heterocycles. The van der Waals surface area contributed by atoms with Crippen LogP contribution in [-0.4, -0.2) is 45.3 Å². The van der Waals surface area contributed by atoms with Crippen molar-refractivity contribution in [2.24, 2.45) is 0 Å². The molecule has 0 bridgehead atoms. The number of para-hydroxylation sites is 2. The first kappa shape index (κ1) is 29.2. The summed E-state index contributed by atoms with van der Waals surface area (Å²) in [5.74, 6) is 0.735. The number of amides is 1. The number of benzene rings is 3. The van der Waals surface area contributed by atoms with Gasteiger partial charge in [-0.3, -0.25) is 9.69 Å². The summed E-state index contributed by atoms with van der Waals surface area (Å²) < 4.78 is 0.915. The van der Waals surface area contributed by atoms with Crippen molar-refractivity contribution in [3.63, 3.8) is 0 Å². The lowest BCUT2D eigenvalue weighted by molar-refractivity contribution is 0.0668. The van der Waals surface area contributed by atoms with Crippen molar-refractivity contribution in [3.05, 3.63) is 98.6 Å². The minimum absolute atomic E-state index is 0.0651. The maximum absolute atomic E-state index is 14.5. The molecule has 2 aromatic heterocycles. The van der Waals surface area contributed by atoms with Crippen LogP contribution in [0.25, 0.3) is 21.1 Å². The Bertz CT molecular complexity index is 1660. The first-order valence-corrected chi connectivity index (χ1v) is 16.5. The zero-order valence-corrected chi connectivity index (χ0v) is 26.2. The minimum Gasteiger partial charge on any atom is -0.340 e. The lowest BCUT2D eigenvalue weighted by Crippen LogP contribution is -2.37. The van der Waals surface area contributed by atoms with Gasteiger partial charge in [-0.2, -0.15) is 0 Å². The average Bonchev–Trinajstić information content (AvgIpc) is 3.58. The maximum Gasteiger partial charge on any atom is 0.266 e. The van der Waals surface area contributed by atoms with E-state index in [-0.39, 0.29) is 11.9 Å². The number of carbonyl (C=O) groups is 1. The molecule has 0 saturated carbocycles. The molecular weight excluding hydrogens is 583 g/mol. The molecule has 0 aliphatic carbocycles. The van der Waals surface area contributed by atoms with Gasteiger partial charge in [-0.25, -0.2) is 4.98 Å². The number of carbonyl (C=O) groups excluding carboxylic acids is 1. The van der Waals surface area contributed by atoms with Crippen molar-refractivity contribution in [3.8, 4) is 0 Å². The van der Waals surface area contributed by atoms with Crippen molar-refractivity contribution in [1.82, 2.24) is 19.8 Å². The summed E-state index contributed by atoms with van der Waals surface area (Å²) in [7, 11) is 0. The number of hydrogen-bond acceptors (Lipinski definition) is 4. The van der Waals surface area contributed by atoms with Gasteiger partial charge < -0.3 is 9.88 Å². The Morgan fingerprint density at radius 1 is 1.02 bits per heavy atom. The standard InChI is InChI=1S/C34H36Cl2N4OS/c1-2-3-19-40(34(41)32-31(36)26-16-15-25(35)21-30(26)42-32)29(33-37-27-13-7-8-14-28(27)38-33)20-23-11-5-6-12-24(23)22-39-17-9-4-10-18-39/h5-8,11-16,21,29H,2-4,9-10,17-20,22H2,1H3,(H,37,38). The van der Waals surface area contributed by atoms with Crippen LogP contribution in [0.2, 0.25) is 10.0 Å². The molecule has 5 nitrogen and oxygen atoms in total. The number of aromatic nitrogens is 2. The summed E-state index contributed by atoms with van der Waals surface area (Å²) >= 11 is 14.6. The molecule has 3 aromatic carbocycles. The van der Waals surface area contributed by atoms with Crippen LogP contribution >= 0.6 is 34.5 Å². The fraction of sp³-hybridized carbons (Fsp3) is 0.353. The highest BCUT2D eigenvalue weighted by atomic mass is 35.5. The van der Waals surface area contributed by atoms with Gasteiger partial charge in [0.25, 0.3) is 5.91 Å². The Morgan fingerprint density at radius 2 is 1.79 bits per heavy atom. The third-order valence-electron chi connectivity index (χ3n) is 8.27. The monoisotopic (exact) mass is 618 g/mol. The number of halogens is 2. The Labute approximate surface area is 261 Å². The SMILES string of the molecule is CCCCN(C(=O)c1sc2cc(Cl)ccc2c1Cl)C(Cc1ccccc1CN1CCCCC1)c1nc2ccccc2[nH]1. The molecule has 1 amide bonds. The van der Waals surface area contributed by atoms with Gasteiger partial charge in [-0.1, -0.05) is 85.4 Å². The maximum atomic E-state index is 14.5. The second-order valence-electron chi connectivity index (χ2n) is 11.2. The van der Waals surface area contributed by atoms with Gasteiger partial charge in [0.05, 0.1) is 22.1 Å². The van der Waals surface area contributed by atoms with Crippen molar-refractivity contribution < 1.29 is 4.79 Å². The lowest BCUT2D eigenvalue weighted by atomic mass is 9.97. The second-order valence-corrected chi connectivity index (χ2v) is 13.1. The van der Waals surface area contributed by atoms with E-state index >= 15 is 0 Å². The normalized spacial score (nSPS) is 14.9. The third-order valence-corrected chi connectivity index (χ3v) is 10.2. The number of imidazole rings is 1. The molecule has 3 heterocycles. The van der Waals surface area contributed by atoms with Crippen molar-refractivity contribution >= 4 is 61.6 Å². The first-order valence-electron chi connectivity index (χ1n) is 14.9. The molecular formula is C34H36Cl2N4OS. The van der Waals surface area contributed by atoms with Gasteiger partial charge in [-0.05, 0) is 67.7 Å². The number of H-pyrrole nitrogens is 1. The molecule has 0 spiro atoms. The molecule has 1 atom stereocenters. The van der Waals surface area contributed by atoms with Crippen molar-refractivity contribution in [1.29, 1.82) is 0 Å². The highest BCUT2D eigenvalue weighted by Gasteiger charge is 2.32. The Hall–Kier alpha value is -2.90. The number of rotatable bonds is 10. The van der Waals surface area contributed by atoms with Crippen LogP contribution in [-0.2, 0) is 13.0 Å². The van der Waals surface area contributed by atoms with E-state index in [2.05, 4.69) is 41.1 Å². The third kappa shape index (κ3) is 6.23. The summed E-state index contributed by atoms with van der Waals surface area (Å²) in [6.07, 6.45) is 6.33. The fourth-order valence-corrected chi connectivity index (χ4v) is 7.74. The van der Waals surface area contributed by atoms with E-state index in [0.717, 1.165) is 59.4 Å². The van der Waals surface area contributed by atoms with Gasteiger partial charge in [0.2, 0.25) is 0 Å². The first-order chi connectivity index (χ1) is 20.5. The molecule has 1 N–H and O–H groups in total. The summed E-state index contributed by atoms with van der Waals surface area (Å²) in [6.45, 7) is 5.96. The highest BCUT2D eigenvalue weighted by Crippen LogP contribution is 2.39. The number of likely N-dealkylation sites (tertiary alicyclic amines) is 1. The van der Waals surface area contributed by atoms with Gasteiger partial charge in [0, 0.05) is 34.6 Å². The van der Waals surface area contributed by atoms with E-state index in [1.165, 1.54) is 41.7 Å². The Balaban J connectivity index is 1.42. The molecule has 218 valence electrons. The summed E-state index contributed by atoms with van der Waals surface area (Å²) in [5.41, 5.74) is 4.43. The van der Waals surface area contributed by atoms with Gasteiger partial charge in [0.1, 0.15) is 10.7 Å². The summed E-state index contributed by atoms with van der Waals surface area (Å²) in [4.78, 5) is 28.2. The number of aromatic amines is 1. The van der Waals surface area contributed by atoms with Gasteiger partial charge >= 0.3 is 0 Å². The lowest BCUT2D eigenvalue weighted by Gasteiger charge is -2.32. The molecule has 42 heavy (non-hydrogen) atoms. The second kappa shape index (κ2) is 13.2. The van der Waals surface area contributed by atoms with Crippen LogP contribution in [0.4, 0.5) is 0 Å². The summed E-state index contributed by atoms with van der Waals surface area (Å²) in [5, 5.41) is 1.98. The number of nitrogens with one attached hydrogen (secondary N) is 1. The average molecular weight is 620 g/mol. The number of unbranched alkanes of at least 4 members (excludes halogenated alkanes) is 1. The number of nitrogens with zero attached hydrogens (tertiary/aromatic N) is 3. The van der Waals surface area contributed by atoms with Gasteiger partial charge in [-0.15, -0.1) is 11.3 Å². The Kier molecular flexibility index (Phi) is 9.15. The van der Waals surface area contributed by atoms with Crippen LogP contribution < -0.4 is 0 Å². The van der Waals surface area contributed by atoms with E-state index in [1.807, 2.05) is 47.4 Å². The topological polar surface area (TPSA) is 52.2 Å². The van der Waals surface area contributed by atoms with E-state index < -0.39 is 0 Å². The van der Waals surface area contributed by atoms with E-state index in [0.29, 0.717) is 27.9 Å². The number of hydrogen-bond donors (Lipinski definition) is 1. The van der Waals surface area contributed by atoms with E-state index in [1.54, 1.807) is 0 Å². The molecule has 1 aliphatic heterocycles. The van der Waals surface area contributed by atoms with Crippen molar-refractivity contribution in [2.45, 2.75) is 58.0 Å². The predicted molar refractivity (Wildman–Crippen MR) is 176 cm³/mol. The largest absolute Gasteiger partial charge is 0.340 e. The van der Waals surface area contributed by atoms with Crippen LogP contribution in [0.5, 0.6) is 0 Å². The molecule has 6 rings (SSSR count). The zero-order chi connectivity index (χ0) is 29.1. The zero-order valence-electron chi connectivity index (χ0n) is 23.9. The Morgan fingerprint density at radius 3 is 2.57 bits per heavy atom. The number of fused-ring (bicyclic) bond motifs is 2. The minimum atomic E-state index is -0.288. The molecule has 5 aromatic rings. The fourth-order valence-electron chi connectivity index (χ4n) is 6.00. The molecule has 8 heteroatoms. The molecule has 1 aliphatic rings. The number of thiophene rings is 1. The van der Waals surface area contributed by atoms with E-state index in [9.17, 15) is 4.79 Å². The molecule has 0 radical (unpaired) electrons. The number of piperidine rings is 1. The van der Waals surface area contributed by atoms with Crippen LogP contribution in [0.3, 0.4) is 0 Å². The molecule has 1 unspecified atom stereocenters. The smallest absolute Gasteiger partial charge is 0.266 e.